The van der Waals surface area contributed by atoms with Crippen molar-refractivity contribution in [1.82, 2.24) is 14.5 Å². The van der Waals surface area contributed by atoms with Gasteiger partial charge in [-0.25, -0.2) is 9.97 Å². The van der Waals surface area contributed by atoms with Crippen molar-refractivity contribution in [3.8, 4) is 11.4 Å². The van der Waals surface area contributed by atoms with Gasteiger partial charge in [0.05, 0.1) is 17.0 Å². The standard InChI is InChI=1S/C14H13ClN4O/c15-5-7-20-11-3-1-2-10(8-11)19-6-4-12-13(16)17-9-18-14(12)19/h1-4,6,8-9H,5,7H2,(H2,16,17,18). The van der Waals surface area contributed by atoms with Gasteiger partial charge in [0.2, 0.25) is 0 Å². The first-order valence-electron chi connectivity index (χ1n) is 6.16. The van der Waals surface area contributed by atoms with Gasteiger partial charge in [0.25, 0.3) is 0 Å². The van der Waals surface area contributed by atoms with Crippen LogP contribution in [0.25, 0.3) is 16.7 Å². The molecule has 2 aromatic heterocycles. The molecule has 0 amide bonds. The zero-order valence-electron chi connectivity index (χ0n) is 10.7. The van der Waals surface area contributed by atoms with Gasteiger partial charge in [0.15, 0.2) is 0 Å². The molecule has 0 fully saturated rings. The summed E-state index contributed by atoms with van der Waals surface area (Å²) in [5.41, 5.74) is 7.56. The van der Waals surface area contributed by atoms with E-state index in [9.17, 15) is 0 Å². The van der Waals surface area contributed by atoms with E-state index in [1.54, 1.807) is 0 Å². The van der Waals surface area contributed by atoms with Gasteiger partial charge in [-0.15, -0.1) is 11.6 Å². The molecule has 2 N–H and O–H groups in total. The van der Waals surface area contributed by atoms with E-state index in [1.165, 1.54) is 6.33 Å². The molecule has 0 bridgehead atoms. The highest BCUT2D eigenvalue weighted by Gasteiger charge is 2.08. The molecule has 6 heteroatoms. The first-order valence-corrected chi connectivity index (χ1v) is 6.70. The summed E-state index contributed by atoms with van der Waals surface area (Å²) >= 11 is 5.63. The number of halogens is 1. The number of fused-ring (bicyclic) bond motifs is 1. The minimum Gasteiger partial charge on any atom is -0.492 e. The number of anilines is 1. The van der Waals surface area contributed by atoms with Crippen LogP contribution < -0.4 is 10.5 Å². The predicted octanol–water partition coefficient (Wildman–Crippen LogP) is 2.62. The normalized spacial score (nSPS) is 10.8. The number of rotatable bonds is 4. The zero-order chi connectivity index (χ0) is 13.9. The number of nitrogens with two attached hydrogens (primary N) is 1. The minimum atomic E-state index is 0.459. The van der Waals surface area contributed by atoms with E-state index in [0.29, 0.717) is 18.3 Å². The number of ether oxygens (including phenoxy) is 1. The molecule has 20 heavy (non-hydrogen) atoms. The second-order valence-electron chi connectivity index (χ2n) is 4.22. The van der Waals surface area contributed by atoms with Crippen molar-refractivity contribution in [1.29, 1.82) is 0 Å². The van der Waals surface area contributed by atoms with Crippen LogP contribution in [-0.2, 0) is 0 Å². The molecular formula is C14H13ClN4O. The third kappa shape index (κ3) is 2.28. The van der Waals surface area contributed by atoms with E-state index in [4.69, 9.17) is 22.1 Å². The van der Waals surface area contributed by atoms with Gasteiger partial charge < -0.3 is 15.0 Å². The minimum absolute atomic E-state index is 0.459. The second-order valence-corrected chi connectivity index (χ2v) is 4.59. The average molecular weight is 289 g/mol. The van der Waals surface area contributed by atoms with E-state index >= 15 is 0 Å². The molecule has 2 heterocycles. The summed E-state index contributed by atoms with van der Waals surface area (Å²) < 4.78 is 7.47. The van der Waals surface area contributed by atoms with Crippen LogP contribution in [0.4, 0.5) is 5.82 Å². The molecule has 0 aliphatic heterocycles. The number of aromatic nitrogens is 3. The highest BCUT2D eigenvalue weighted by molar-refractivity contribution is 6.18. The lowest BCUT2D eigenvalue weighted by Gasteiger charge is -2.08. The summed E-state index contributed by atoms with van der Waals surface area (Å²) in [4.78, 5) is 8.27. The van der Waals surface area contributed by atoms with Gasteiger partial charge in [-0.05, 0) is 18.2 Å². The van der Waals surface area contributed by atoms with Gasteiger partial charge >= 0.3 is 0 Å². The van der Waals surface area contributed by atoms with Crippen LogP contribution in [0.1, 0.15) is 0 Å². The number of hydrogen-bond donors (Lipinski definition) is 1. The SMILES string of the molecule is Nc1ncnc2c1ccn2-c1cccc(OCCCl)c1. The number of alkyl halides is 1. The molecule has 102 valence electrons. The van der Waals surface area contributed by atoms with Gasteiger partial charge in [-0.3, -0.25) is 0 Å². The fourth-order valence-electron chi connectivity index (χ4n) is 2.06. The highest BCUT2D eigenvalue weighted by Crippen LogP contribution is 2.23. The molecule has 0 radical (unpaired) electrons. The summed E-state index contributed by atoms with van der Waals surface area (Å²) in [5.74, 6) is 1.70. The molecule has 0 unspecified atom stereocenters. The van der Waals surface area contributed by atoms with Crippen molar-refractivity contribution in [2.45, 2.75) is 0 Å². The number of nitrogen functional groups attached to an aromatic ring is 1. The van der Waals surface area contributed by atoms with Crippen LogP contribution in [-0.4, -0.2) is 27.0 Å². The first kappa shape index (κ1) is 12.7. The van der Waals surface area contributed by atoms with Crippen LogP contribution in [0.15, 0.2) is 42.9 Å². The fraction of sp³-hybridized carbons (Fsp3) is 0.143. The van der Waals surface area contributed by atoms with Crippen LogP contribution in [0, 0.1) is 0 Å². The Morgan fingerprint density at radius 1 is 1.25 bits per heavy atom. The lowest BCUT2D eigenvalue weighted by atomic mass is 10.3. The number of hydrogen-bond acceptors (Lipinski definition) is 4. The molecule has 0 saturated carbocycles. The molecular weight excluding hydrogens is 276 g/mol. The van der Waals surface area contributed by atoms with E-state index in [1.807, 2.05) is 41.1 Å². The Kier molecular flexibility index (Phi) is 3.43. The van der Waals surface area contributed by atoms with Gasteiger partial charge in [0, 0.05) is 12.3 Å². The van der Waals surface area contributed by atoms with Crippen molar-refractivity contribution in [2.75, 3.05) is 18.2 Å². The monoisotopic (exact) mass is 288 g/mol. The number of benzene rings is 1. The third-order valence-electron chi connectivity index (χ3n) is 2.95. The molecule has 0 spiro atoms. The third-order valence-corrected chi connectivity index (χ3v) is 3.11. The van der Waals surface area contributed by atoms with Gasteiger partial charge in [0.1, 0.15) is 30.1 Å². The van der Waals surface area contributed by atoms with Crippen molar-refractivity contribution >= 4 is 28.5 Å². The van der Waals surface area contributed by atoms with E-state index in [2.05, 4.69) is 9.97 Å². The van der Waals surface area contributed by atoms with Gasteiger partial charge in [-0.1, -0.05) is 6.07 Å². The largest absolute Gasteiger partial charge is 0.492 e. The summed E-state index contributed by atoms with van der Waals surface area (Å²) in [6.45, 7) is 0.479. The van der Waals surface area contributed by atoms with E-state index in [0.717, 1.165) is 22.5 Å². The maximum atomic E-state index is 5.84. The molecule has 1 aromatic carbocycles. The molecule has 0 aliphatic carbocycles. The maximum Gasteiger partial charge on any atom is 0.150 e. The smallest absolute Gasteiger partial charge is 0.150 e. The number of nitrogens with zero attached hydrogens (tertiary/aromatic N) is 3. The lowest BCUT2D eigenvalue weighted by Crippen LogP contribution is -2.00. The van der Waals surface area contributed by atoms with Crippen molar-refractivity contribution in [3.63, 3.8) is 0 Å². The van der Waals surface area contributed by atoms with Crippen molar-refractivity contribution < 1.29 is 4.74 Å². The second kappa shape index (κ2) is 5.38. The summed E-state index contributed by atoms with van der Waals surface area (Å²) in [7, 11) is 0. The highest BCUT2D eigenvalue weighted by atomic mass is 35.5. The summed E-state index contributed by atoms with van der Waals surface area (Å²) in [6.07, 6.45) is 3.37. The maximum absolute atomic E-state index is 5.84. The summed E-state index contributed by atoms with van der Waals surface area (Å²) in [6, 6.07) is 9.63. The molecule has 5 nitrogen and oxygen atoms in total. The summed E-state index contributed by atoms with van der Waals surface area (Å²) in [5, 5.41) is 0.833. The van der Waals surface area contributed by atoms with Crippen LogP contribution in [0.2, 0.25) is 0 Å². The Morgan fingerprint density at radius 2 is 2.15 bits per heavy atom. The molecule has 3 aromatic rings. The van der Waals surface area contributed by atoms with Crippen molar-refractivity contribution in [2.24, 2.45) is 0 Å². The topological polar surface area (TPSA) is 66.0 Å². The van der Waals surface area contributed by atoms with Crippen LogP contribution in [0.5, 0.6) is 5.75 Å². The first-order chi connectivity index (χ1) is 9.79. The van der Waals surface area contributed by atoms with Crippen LogP contribution >= 0.6 is 11.6 Å². The molecule has 0 atom stereocenters. The Balaban J connectivity index is 2.05. The quantitative estimate of drug-likeness (QED) is 0.750. The zero-order valence-corrected chi connectivity index (χ0v) is 11.4. The Hall–Kier alpha value is -2.27. The average Bonchev–Trinajstić information content (AvgIpc) is 2.91. The van der Waals surface area contributed by atoms with E-state index in [-0.39, 0.29) is 0 Å². The van der Waals surface area contributed by atoms with Gasteiger partial charge in [-0.2, -0.15) is 0 Å². The Morgan fingerprint density at radius 3 is 3.00 bits per heavy atom. The predicted molar refractivity (Wildman–Crippen MR) is 79.5 cm³/mol. The molecule has 3 rings (SSSR count). The van der Waals surface area contributed by atoms with E-state index < -0.39 is 0 Å². The van der Waals surface area contributed by atoms with Crippen LogP contribution in [0.3, 0.4) is 0 Å². The fourth-order valence-corrected chi connectivity index (χ4v) is 2.14. The van der Waals surface area contributed by atoms with Crippen molar-refractivity contribution in [3.05, 3.63) is 42.9 Å². The Labute approximate surface area is 121 Å². The molecule has 0 aliphatic rings. The molecule has 0 saturated heterocycles. The lowest BCUT2D eigenvalue weighted by molar-refractivity contribution is 0.342. The Bertz CT molecular complexity index is 741.